The van der Waals surface area contributed by atoms with Gasteiger partial charge in [-0.1, -0.05) is 35.9 Å². The van der Waals surface area contributed by atoms with Crippen LogP contribution in [-0.2, 0) is 4.74 Å². The molecule has 0 aliphatic carbocycles. The molecule has 2 aromatic carbocycles. The first-order chi connectivity index (χ1) is 10.7. The summed E-state index contributed by atoms with van der Waals surface area (Å²) in [6.07, 6.45) is -0.0168. The summed E-state index contributed by atoms with van der Waals surface area (Å²) in [6.45, 7) is 2.27. The van der Waals surface area contributed by atoms with E-state index in [-0.39, 0.29) is 29.6 Å². The highest BCUT2D eigenvalue weighted by atomic mass is 35.5. The molecule has 1 unspecified atom stereocenters. The van der Waals surface area contributed by atoms with E-state index < -0.39 is 0 Å². The van der Waals surface area contributed by atoms with Crippen LogP contribution in [0.2, 0.25) is 5.02 Å². The Morgan fingerprint density at radius 1 is 1.22 bits per heavy atom. The van der Waals surface area contributed by atoms with Crippen LogP contribution in [-0.4, -0.2) is 25.8 Å². The summed E-state index contributed by atoms with van der Waals surface area (Å²) in [7, 11) is 0. The first-order valence-electron chi connectivity index (χ1n) is 7.23. The predicted molar refractivity (Wildman–Crippen MR) is 96.3 cm³/mol. The molecule has 1 N–H and O–H groups in total. The van der Waals surface area contributed by atoms with Crippen LogP contribution in [0.1, 0.15) is 10.8 Å². The third kappa shape index (κ3) is 4.85. The molecule has 0 aromatic heterocycles. The van der Waals surface area contributed by atoms with Gasteiger partial charge in [-0.15, -0.1) is 24.2 Å². The molecule has 1 aliphatic heterocycles. The zero-order chi connectivity index (χ0) is 15.4. The van der Waals surface area contributed by atoms with E-state index in [4.69, 9.17) is 16.3 Å². The third-order valence-electron chi connectivity index (χ3n) is 3.56. The summed E-state index contributed by atoms with van der Waals surface area (Å²) in [5.74, 6) is -0.231. The Labute approximate surface area is 151 Å². The fourth-order valence-electron chi connectivity index (χ4n) is 2.50. The summed E-state index contributed by atoms with van der Waals surface area (Å²) in [5, 5.41) is 4.03. The van der Waals surface area contributed by atoms with Crippen LogP contribution in [0.4, 0.5) is 4.39 Å². The van der Waals surface area contributed by atoms with Crippen molar-refractivity contribution in [3.05, 3.63) is 64.9 Å². The minimum absolute atomic E-state index is 0. The van der Waals surface area contributed by atoms with Gasteiger partial charge in [0, 0.05) is 18.0 Å². The van der Waals surface area contributed by atoms with E-state index in [1.54, 1.807) is 23.9 Å². The maximum atomic E-state index is 13.6. The largest absolute Gasteiger partial charge is 0.374 e. The summed E-state index contributed by atoms with van der Waals surface area (Å²) in [6, 6.07) is 14.4. The standard InChI is InChI=1S/C17H17ClFNOS.ClH/c18-14-6-1-2-7-16(14)22-17(15-11-20-8-9-21-15)12-4-3-5-13(19)10-12;/h1-7,10,15,17,20H,8-9,11H2;1H/t15-,17?;/m1./s1. The number of benzene rings is 2. The normalized spacial score (nSPS) is 19.0. The Kier molecular flexibility index (Phi) is 7.18. The Hall–Kier alpha value is -0.780. The van der Waals surface area contributed by atoms with Gasteiger partial charge in [0.2, 0.25) is 0 Å². The molecule has 0 bridgehead atoms. The van der Waals surface area contributed by atoms with E-state index in [0.717, 1.165) is 23.5 Å². The molecule has 0 amide bonds. The lowest BCUT2D eigenvalue weighted by Gasteiger charge is -2.31. The number of thioether (sulfide) groups is 1. The minimum atomic E-state index is -0.231. The molecule has 1 fully saturated rings. The van der Waals surface area contributed by atoms with Gasteiger partial charge < -0.3 is 10.1 Å². The van der Waals surface area contributed by atoms with E-state index in [2.05, 4.69) is 5.32 Å². The van der Waals surface area contributed by atoms with Gasteiger partial charge in [-0.3, -0.25) is 0 Å². The molecule has 2 aromatic rings. The molecule has 0 spiro atoms. The summed E-state index contributed by atoms with van der Waals surface area (Å²) < 4.78 is 19.5. The molecule has 3 rings (SSSR count). The molecule has 124 valence electrons. The summed E-state index contributed by atoms with van der Waals surface area (Å²) in [4.78, 5) is 0.979. The van der Waals surface area contributed by atoms with Crippen molar-refractivity contribution in [1.82, 2.24) is 5.32 Å². The first-order valence-corrected chi connectivity index (χ1v) is 8.49. The van der Waals surface area contributed by atoms with Crippen LogP contribution < -0.4 is 5.32 Å². The van der Waals surface area contributed by atoms with Gasteiger partial charge in [-0.25, -0.2) is 4.39 Å². The van der Waals surface area contributed by atoms with Crippen molar-refractivity contribution in [2.24, 2.45) is 0 Å². The fourth-order valence-corrected chi connectivity index (χ4v) is 3.99. The predicted octanol–water partition coefficient (Wildman–Crippen LogP) is 4.72. The van der Waals surface area contributed by atoms with Crippen LogP contribution in [0.3, 0.4) is 0 Å². The average Bonchev–Trinajstić information content (AvgIpc) is 2.55. The van der Waals surface area contributed by atoms with Gasteiger partial charge >= 0.3 is 0 Å². The maximum Gasteiger partial charge on any atom is 0.123 e. The van der Waals surface area contributed by atoms with E-state index in [0.29, 0.717) is 11.6 Å². The maximum absolute atomic E-state index is 13.6. The lowest BCUT2D eigenvalue weighted by atomic mass is 10.1. The van der Waals surface area contributed by atoms with Gasteiger partial charge in [0.1, 0.15) is 5.82 Å². The third-order valence-corrected chi connectivity index (χ3v) is 5.44. The number of rotatable bonds is 4. The molecule has 1 saturated heterocycles. The minimum Gasteiger partial charge on any atom is -0.374 e. The topological polar surface area (TPSA) is 21.3 Å². The lowest BCUT2D eigenvalue weighted by Crippen LogP contribution is -2.41. The van der Waals surface area contributed by atoms with Gasteiger partial charge in [0.05, 0.1) is 23.0 Å². The summed E-state index contributed by atoms with van der Waals surface area (Å²) >= 11 is 7.89. The van der Waals surface area contributed by atoms with E-state index >= 15 is 0 Å². The van der Waals surface area contributed by atoms with Gasteiger partial charge in [-0.05, 0) is 29.8 Å². The molecular weight excluding hydrogens is 356 g/mol. The molecule has 0 saturated carbocycles. The smallest absolute Gasteiger partial charge is 0.123 e. The van der Waals surface area contributed by atoms with Crippen molar-refractivity contribution in [3.8, 4) is 0 Å². The lowest BCUT2D eigenvalue weighted by molar-refractivity contribution is 0.0273. The van der Waals surface area contributed by atoms with Crippen molar-refractivity contribution in [3.63, 3.8) is 0 Å². The van der Waals surface area contributed by atoms with Crippen molar-refractivity contribution < 1.29 is 9.13 Å². The zero-order valence-electron chi connectivity index (χ0n) is 12.4. The second kappa shape index (κ2) is 8.90. The van der Waals surface area contributed by atoms with Gasteiger partial charge in [-0.2, -0.15) is 0 Å². The number of hydrogen-bond acceptors (Lipinski definition) is 3. The fraction of sp³-hybridized carbons (Fsp3) is 0.294. The zero-order valence-corrected chi connectivity index (χ0v) is 14.8. The van der Waals surface area contributed by atoms with Crippen LogP contribution in [0.25, 0.3) is 0 Å². The van der Waals surface area contributed by atoms with Gasteiger partial charge in [0.25, 0.3) is 0 Å². The molecule has 1 heterocycles. The molecule has 0 radical (unpaired) electrons. The molecule has 6 heteroatoms. The number of nitrogens with one attached hydrogen (secondary N) is 1. The number of morpholine rings is 1. The average molecular weight is 374 g/mol. The Morgan fingerprint density at radius 2 is 2.04 bits per heavy atom. The van der Waals surface area contributed by atoms with E-state index in [1.165, 1.54) is 6.07 Å². The second-order valence-corrected chi connectivity index (χ2v) is 6.73. The Morgan fingerprint density at radius 3 is 2.74 bits per heavy atom. The van der Waals surface area contributed by atoms with Crippen molar-refractivity contribution >= 4 is 35.8 Å². The van der Waals surface area contributed by atoms with Crippen molar-refractivity contribution in [1.29, 1.82) is 0 Å². The number of hydrogen-bond donors (Lipinski definition) is 1. The van der Waals surface area contributed by atoms with E-state index in [1.807, 2.05) is 30.3 Å². The summed E-state index contributed by atoms with van der Waals surface area (Å²) in [5.41, 5.74) is 0.915. The van der Waals surface area contributed by atoms with Crippen LogP contribution in [0.5, 0.6) is 0 Å². The molecule has 1 aliphatic rings. The van der Waals surface area contributed by atoms with E-state index in [9.17, 15) is 4.39 Å². The SMILES string of the molecule is Cl.Fc1cccc(C(Sc2ccccc2Cl)[C@H]2CNCCO2)c1. The number of halogens is 3. The second-order valence-electron chi connectivity index (χ2n) is 5.14. The highest BCUT2D eigenvalue weighted by Gasteiger charge is 2.27. The first kappa shape index (κ1) is 18.6. The quantitative estimate of drug-likeness (QED) is 0.783. The van der Waals surface area contributed by atoms with Crippen molar-refractivity contribution in [2.45, 2.75) is 16.2 Å². The highest BCUT2D eigenvalue weighted by Crippen LogP contribution is 2.42. The molecule has 23 heavy (non-hydrogen) atoms. The van der Waals surface area contributed by atoms with Crippen LogP contribution in [0.15, 0.2) is 53.4 Å². The van der Waals surface area contributed by atoms with Crippen molar-refractivity contribution in [2.75, 3.05) is 19.7 Å². The highest BCUT2D eigenvalue weighted by molar-refractivity contribution is 7.99. The Balaban J connectivity index is 0.00000192. The van der Waals surface area contributed by atoms with Crippen LogP contribution in [0, 0.1) is 5.82 Å². The monoisotopic (exact) mass is 373 g/mol. The number of ether oxygens (including phenoxy) is 1. The van der Waals surface area contributed by atoms with Crippen LogP contribution >= 0.6 is 35.8 Å². The molecular formula is C17H18Cl2FNOS. The molecule has 2 nitrogen and oxygen atoms in total. The Bertz CT molecular complexity index is 637. The molecule has 2 atom stereocenters. The van der Waals surface area contributed by atoms with Gasteiger partial charge in [0.15, 0.2) is 0 Å².